The van der Waals surface area contributed by atoms with Crippen LogP contribution in [-0.2, 0) is 0 Å². The molecular formula is C62H87N3O6S2. The summed E-state index contributed by atoms with van der Waals surface area (Å²) in [5, 5.41) is 11.5. The fourth-order valence-corrected chi connectivity index (χ4v) is 12.7. The minimum atomic E-state index is -0.340. The van der Waals surface area contributed by atoms with Gasteiger partial charge in [-0.15, -0.1) is 32.9 Å². The number of ether oxygens (including phenoxy) is 2. The van der Waals surface area contributed by atoms with Gasteiger partial charge in [0.1, 0.15) is 34.4 Å². The maximum Gasteiger partial charge on any atom is 0.264 e. The van der Waals surface area contributed by atoms with Crippen molar-refractivity contribution in [3.63, 3.8) is 0 Å². The number of thiophene rings is 2. The van der Waals surface area contributed by atoms with Crippen LogP contribution in [0.5, 0.6) is 11.5 Å². The minimum Gasteiger partial charge on any atom is -0.491 e. The molecule has 0 aliphatic carbocycles. The summed E-state index contributed by atoms with van der Waals surface area (Å²) in [5.41, 5.74) is 1.03. The van der Waals surface area contributed by atoms with E-state index in [2.05, 4.69) is 51.9 Å². The Bertz CT molecular complexity index is 2560. The van der Waals surface area contributed by atoms with E-state index in [0.717, 1.165) is 87.9 Å². The lowest BCUT2D eigenvalue weighted by Crippen LogP contribution is -2.35. The SMILES string of the molecule is CCCCCCCCCCC(CCCCCCCC)CN1C(=O)c2c(-c3ccc(C)o3)nnc(-c3ccc(-c4cc5c(OCCCCCCCC)c6sc(C)cc6c(OCCCCCCCC)c5s4)o3)c2C1=O. The number of carbonyl (C=O) groups is 2. The zero-order valence-corrected chi connectivity index (χ0v) is 47.2. The number of hydrogen-bond acceptors (Lipinski definition) is 10. The Balaban J connectivity index is 1.18. The summed E-state index contributed by atoms with van der Waals surface area (Å²) in [6.45, 7) is 14.7. The highest BCUT2D eigenvalue weighted by molar-refractivity contribution is 7.23. The molecule has 1 aromatic carbocycles. The molecule has 1 atom stereocenters. The highest BCUT2D eigenvalue weighted by Gasteiger charge is 2.43. The molecule has 0 saturated heterocycles. The Hall–Kier alpha value is -4.48. The molecule has 0 fully saturated rings. The Kier molecular flexibility index (Phi) is 22.8. The molecule has 398 valence electrons. The summed E-state index contributed by atoms with van der Waals surface area (Å²) >= 11 is 3.40. The molecule has 1 aliphatic rings. The topological polar surface area (TPSA) is 108 Å². The number of imide groups is 1. The quantitative estimate of drug-likeness (QED) is 0.0280. The van der Waals surface area contributed by atoms with Gasteiger partial charge in [-0.3, -0.25) is 14.5 Å². The molecule has 0 N–H and O–H groups in total. The van der Waals surface area contributed by atoms with Gasteiger partial charge in [-0.25, -0.2) is 0 Å². The number of fused-ring (bicyclic) bond motifs is 3. The predicted octanol–water partition coefficient (Wildman–Crippen LogP) is 19.7. The van der Waals surface area contributed by atoms with Crippen LogP contribution in [0.2, 0.25) is 0 Å². The number of aromatic nitrogens is 2. The Labute approximate surface area is 445 Å². The first kappa shape index (κ1) is 56.3. The number of carbonyl (C=O) groups excluding carboxylic acids is 2. The van der Waals surface area contributed by atoms with E-state index < -0.39 is 0 Å². The molecule has 0 saturated carbocycles. The second kappa shape index (κ2) is 29.6. The third-order valence-corrected chi connectivity index (χ3v) is 17.0. The van der Waals surface area contributed by atoms with Crippen LogP contribution >= 0.6 is 22.7 Å². The lowest BCUT2D eigenvalue weighted by Gasteiger charge is -2.23. The molecule has 6 heterocycles. The number of hydrogen-bond donors (Lipinski definition) is 0. The van der Waals surface area contributed by atoms with E-state index in [1.165, 1.54) is 138 Å². The average Bonchev–Trinajstić information content (AvgIpc) is 4.25. The first-order chi connectivity index (χ1) is 35.8. The van der Waals surface area contributed by atoms with Crippen molar-refractivity contribution in [2.24, 2.45) is 5.92 Å². The molecule has 0 bridgehead atoms. The van der Waals surface area contributed by atoms with Crippen LogP contribution in [0.25, 0.3) is 53.7 Å². The molecule has 0 spiro atoms. The lowest BCUT2D eigenvalue weighted by atomic mass is 9.93. The second-order valence-electron chi connectivity index (χ2n) is 21.0. The summed E-state index contributed by atoms with van der Waals surface area (Å²) in [7, 11) is 0. The van der Waals surface area contributed by atoms with Gasteiger partial charge in [0, 0.05) is 22.2 Å². The number of nitrogens with zero attached hydrogens (tertiary/aromatic N) is 3. The predicted molar refractivity (Wildman–Crippen MR) is 305 cm³/mol. The molecule has 1 aliphatic heterocycles. The molecule has 1 unspecified atom stereocenters. The van der Waals surface area contributed by atoms with Crippen molar-refractivity contribution in [3.05, 3.63) is 58.2 Å². The molecule has 2 amide bonds. The van der Waals surface area contributed by atoms with Crippen LogP contribution in [0, 0.1) is 19.8 Å². The normalized spacial score (nSPS) is 13.1. The van der Waals surface area contributed by atoms with Gasteiger partial charge in [-0.1, -0.05) is 182 Å². The smallest absolute Gasteiger partial charge is 0.264 e. The molecule has 6 aromatic rings. The molecule has 7 rings (SSSR count). The summed E-state index contributed by atoms with van der Waals surface area (Å²) in [4.78, 5) is 33.4. The fraction of sp³-hybridized carbons (Fsp3) is 0.613. The van der Waals surface area contributed by atoms with E-state index in [4.69, 9.17) is 23.4 Å². The van der Waals surface area contributed by atoms with Gasteiger partial charge in [-0.2, -0.15) is 0 Å². The third kappa shape index (κ3) is 15.1. The van der Waals surface area contributed by atoms with Crippen molar-refractivity contribution in [3.8, 4) is 45.0 Å². The van der Waals surface area contributed by atoms with E-state index in [1.54, 1.807) is 28.7 Å². The van der Waals surface area contributed by atoms with Crippen LogP contribution in [0.1, 0.15) is 239 Å². The summed E-state index contributed by atoms with van der Waals surface area (Å²) < 4.78 is 28.6. The van der Waals surface area contributed by atoms with Crippen molar-refractivity contribution in [1.29, 1.82) is 0 Å². The second-order valence-corrected chi connectivity index (χ2v) is 23.3. The minimum absolute atomic E-state index is 0.217. The first-order valence-corrected chi connectivity index (χ1v) is 30.6. The van der Waals surface area contributed by atoms with E-state index >= 15 is 0 Å². The van der Waals surface area contributed by atoms with Crippen LogP contribution in [-0.4, -0.2) is 46.7 Å². The molecule has 5 aromatic heterocycles. The van der Waals surface area contributed by atoms with Gasteiger partial charge < -0.3 is 18.3 Å². The number of unbranched alkanes of at least 4 members (excludes halogenated alkanes) is 22. The number of furan rings is 2. The third-order valence-electron chi connectivity index (χ3n) is 14.8. The molecule has 9 nitrogen and oxygen atoms in total. The summed E-state index contributed by atoms with van der Waals surface area (Å²) in [5.74, 6) is 3.49. The maximum absolute atomic E-state index is 14.9. The van der Waals surface area contributed by atoms with Gasteiger partial charge in [0.05, 0.1) is 38.6 Å². The van der Waals surface area contributed by atoms with Crippen LogP contribution in [0.4, 0.5) is 0 Å². The number of aryl methyl sites for hydroxylation is 2. The van der Waals surface area contributed by atoms with E-state index in [-0.39, 0.29) is 40.2 Å². The molecule has 11 heteroatoms. The summed E-state index contributed by atoms with van der Waals surface area (Å²) in [6, 6.07) is 11.9. The van der Waals surface area contributed by atoms with Crippen molar-refractivity contribution < 1.29 is 27.9 Å². The van der Waals surface area contributed by atoms with E-state index in [0.29, 0.717) is 42.8 Å². The Morgan fingerprint density at radius 3 is 1.42 bits per heavy atom. The number of rotatable bonds is 37. The van der Waals surface area contributed by atoms with Gasteiger partial charge in [-0.05, 0) is 81.8 Å². The van der Waals surface area contributed by atoms with Crippen molar-refractivity contribution in [1.82, 2.24) is 15.1 Å². The van der Waals surface area contributed by atoms with Crippen molar-refractivity contribution in [2.75, 3.05) is 19.8 Å². The van der Waals surface area contributed by atoms with E-state index in [1.807, 2.05) is 25.1 Å². The Morgan fingerprint density at radius 2 is 0.932 bits per heavy atom. The number of benzene rings is 1. The summed E-state index contributed by atoms with van der Waals surface area (Å²) in [6.07, 6.45) is 33.6. The van der Waals surface area contributed by atoms with E-state index in [9.17, 15) is 9.59 Å². The van der Waals surface area contributed by atoms with Crippen molar-refractivity contribution in [2.45, 2.75) is 221 Å². The molecular weight excluding hydrogens is 947 g/mol. The Morgan fingerprint density at radius 1 is 0.507 bits per heavy atom. The zero-order chi connectivity index (χ0) is 51.4. The van der Waals surface area contributed by atoms with Gasteiger partial charge in [0.25, 0.3) is 11.8 Å². The number of amides is 2. The first-order valence-electron chi connectivity index (χ1n) is 29.0. The fourth-order valence-electron chi connectivity index (χ4n) is 10.6. The molecule has 0 radical (unpaired) electrons. The highest BCUT2D eigenvalue weighted by Crippen LogP contribution is 2.52. The van der Waals surface area contributed by atoms with Gasteiger partial charge in [0.2, 0.25) is 0 Å². The van der Waals surface area contributed by atoms with Crippen LogP contribution < -0.4 is 9.47 Å². The largest absolute Gasteiger partial charge is 0.491 e. The highest BCUT2D eigenvalue weighted by atomic mass is 32.1. The lowest BCUT2D eigenvalue weighted by molar-refractivity contribution is 0.0622. The molecule has 73 heavy (non-hydrogen) atoms. The standard InChI is InChI=1S/C62H87N3O6S2/c1-7-11-15-19-23-24-26-30-34-46(33-29-25-20-16-12-8-2)43-65-61(66)53-54(62(65)67)56(64-63-55(53)50-36-35-44(5)70-50)51-38-37-49(71-51)52-42-48-58(69-40-32-28-22-18-14-10-4)59-47(41-45(6)72-59)57(60(48)73-52)68-39-31-27-21-17-13-9-3/h35-38,41-42,46H,7-34,39-40,43H2,1-6H3. The van der Waals surface area contributed by atoms with Crippen LogP contribution in [0.3, 0.4) is 0 Å². The monoisotopic (exact) mass is 1030 g/mol. The maximum atomic E-state index is 14.9. The van der Waals surface area contributed by atoms with Crippen LogP contribution in [0.15, 0.2) is 45.2 Å². The van der Waals surface area contributed by atoms with Gasteiger partial charge >= 0.3 is 0 Å². The van der Waals surface area contributed by atoms with Gasteiger partial charge in [0.15, 0.2) is 11.5 Å². The van der Waals surface area contributed by atoms with Crippen molar-refractivity contribution >= 4 is 54.7 Å². The zero-order valence-electron chi connectivity index (χ0n) is 45.6. The average molecular weight is 1030 g/mol.